The summed E-state index contributed by atoms with van der Waals surface area (Å²) in [5.74, 6) is 0. The molecular weight excluding hydrogens is 457 g/mol. The Morgan fingerprint density at radius 1 is 0.629 bits per heavy atom. The molecule has 0 bridgehead atoms. The summed E-state index contributed by atoms with van der Waals surface area (Å²) in [5.41, 5.74) is 0. The normalized spacial score (nSPS) is 14.8. The van der Waals surface area contributed by atoms with Crippen LogP contribution in [0.15, 0.2) is 24.3 Å². The predicted molar refractivity (Wildman–Crippen MR) is 152 cm³/mol. The molecule has 0 spiro atoms. The molecule has 0 aromatic heterocycles. The fraction of sp³-hybridized carbons (Fsp3) is 0.862. The number of unbranched alkanes of at least 4 members (excludes halogenated alkanes) is 15. The van der Waals surface area contributed by atoms with E-state index in [0.717, 1.165) is 32.1 Å². The van der Waals surface area contributed by atoms with Gasteiger partial charge >= 0.3 is 7.60 Å². The molecule has 0 aliphatic rings. The van der Waals surface area contributed by atoms with Crippen LogP contribution in [0.3, 0.4) is 0 Å². The third-order valence-corrected chi connectivity index (χ3v) is 7.97. The molecule has 0 heterocycles. The maximum absolute atomic E-state index is 11.8. The molecule has 6 heteroatoms. The largest absolute Gasteiger partial charge is 0.373 e. The van der Waals surface area contributed by atoms with Crippen LogP contribution in [-0.2, 0) is 4.57 Å². The van der Waals surface area contributed by atoms with E-state index in [1.807, 2.05) is 21.1 Å². The van der Waals surface area contributed by atoms with Gasteiger partial charge in [-0.2, -0.15) is 0 Å². The lowest BCUT2D eigenvalue weighted by molar-refractivity contribution is -0.875. The van der Waals surface area contributed by atoms with E-state index < -0.39 is 12.9 Å². The lowest BCUT2D eigenvalue weighted by atomic mass is 10.0. The van der Waals surface area contributed by atoms with E-state index in [4.69, 9.17) is 0 Å². The van der Waals surface area contributed by atoms with Crippen LogP contribution in [0, 0.1) is 0 Å². The molecule has 1 unspecified atom stereocenters. The summed E-state index contributed by atoms with van der Waals surface area (Å²) in [6.07, 6.45) is 31.3. The number of rotatable bonds is 24. The highest BCUT2D eigenvalue weighted by Gasteiger charge is 2.48. The minimum Gasteiger partial charge on any atom is -0.373 e. The van der Waals surface area contributed by atoms with Crippen LogP contribution in [0.5, 0.6) is 0 Å². The summed E-state index contributed by atoms with van der Waals surface area (Å²) >= 11 is 0. The van der Waals surface area contributed by atoms with Crippen molar-refractivity contribution in [2.24, 2.45) is 0 Å². The summed E-state index contributed by atoms with van der Waals surface area (Å²) in [6, 6.07) is 0. The number of hydrogen-bond acceptors (Lipinski definition) is 2. The summed E-state index contributed by atoms with van der Waals surface area (Å²) in [7, 11) is 0.969. The maximum atomic E-state index is 11.8. The first kappa shape index (κ1) is 34.6. The molecule has 5 nitrogen and oxygen atoms in total. The van der Waals surface area contributed by atoms with Crippen LogP contribution >= 0.6 is 7.60 Å². The third kappa shape index (κ3) is 21.4. The average Bonchev–Trinajstić information content (AvgIpc) is 2.75. The molecule has 0 radical (unpaired) electrons. The Morgan fingerprint density at radius 2 is 1.00 bits per heavy atom. The molecule has 0 amide bonds. The van der Waals surface area contributed by atoms with E-state index in [2.05, 4.69) is 31.2 Å². The van der Waals surface area contributed by atoms with Crippen LogP contribution in [-0.4, -0.2) is 52.4 Å². The van der Waals surface area contributed by atoms with Crippen LogP contribution < -0.4 is 0 Å². The highest BCUT2D eigenvalue weighted by molar-refractivity contribution is 7.53. The Balaban J connectivity index is 3.59. The van der Waals surface area contributed by atoms with E-state index >= 15 is 0 Å². The standard InChI is InChI=1S/C29H58NO4P/c1-5-6-7-8-9-10-11-12-13-14-15-16-17-18-19-20-21-22-23-24-25-26-27-29(31,35(32,33)34)28-30(2,3)4/h12-13,16-17,31H,5-11,14-15,18-28H2,1-4H3,(H-,32,33,34)/p+1/b13-12-,17-16-. The summed E-state index contributed by atoms with van der Waals surface area (Å²) in [4.78, 5) is 19.2. The van der Waals surface area contributed by atoms with Crippen LogP contribution in [0.1, 0.15) is 129 Å². The smallest absolute Gasteiger partial charge is 0.362 e. The summed E-state index contributed by atoms with van der Waals surface area (Å²) in [5, 5.41) is 8.65. The van der Waals surface area contributed by atoms with Gasteiger partial charge in [0.1, 0.15) is 6.54 Å². The topological polar surface area (TPSA) is 77.8 Å². The molecule has 0 fully saturated rings. The van der Waals surface area contributed by atoms with Crippen molar-refractivity contribution in [2.45, 2.75) is 134 Å². The molecule has 0 saturated carbocycles. The first-order valence-corrected chi connectivity index (χ1v) is 16.0. The zero-order valence-corrected chi connectivity index (χ0v) is 24.5. The Bertz CT molecular complexity index is 594. The van der Waals surface area contributed by atoms with Crippen molar-refractivity contribution >= 4 is 7.60 Å². The van der Waals surface area contributed by atoms with Crippen molar-refractivity contribution < 1.29 is 23.9 Å². The van der Waals surface area contributed by atoms with Crippen LogP contribution in [0.25, 0.3) is 0 Å². The van der Waals surface area contributed by atoms with Gasteiger partial charge in [-0.3, -0.25) is 4.57 Å². The Morgan fingerprint density at radius 3 is 1.40 bits per heavy atom. The first-order chi connectivity index (χ1) is 16.5. The van der Waals surface area contributed by atoms with Gasteiger partial charge in [0, 0.05) is 0 Å². The molecule has 0 aliphatic heterocycles. The molecule has 0 aromatic rings. The van der Waals surface area contributed by atoms with Gasteiger partial charge in [-0.25, -0.2) is 0 Å². The number of allylic oxidation sites excluding steroid dienone is 4. The van der Waals surface area contributed by atoms with Crippen molar-refractivity contribution in [3.8, 4) is 0 Å². The van der Waals surface area contributed by atoms with Gasteiger partial charge in [0.05, 0.1) is 21.1 Å². The minimum absolute atomic E-state index is 0.0572. The van der Waals surface area contributed by atoms with E-state index in [0.29, 0.717) is 10.9 Å². The van der Waals surface area contributed by atoms with E-state index in [-0.39, 0.29) is 13.0 Å². The maximum Gasteiger partial charge on any atom is 0.362 e. The monoisotopic (exact) mass is 516 g/mol. The van der Waals surface area contributed by atoms with Gasteiger partial charge in [-0.05, 0) is 51.4 Å². The van der Waals surface area contributed by atoms with E-state index in [9.17, 15) is 19.5 Å². The zero-order valence-electron chi connectivity index (χ0n) is 23.6. The molecule has 3 N–H and O–H groups in total. The predicted octanol–water partition coefficient (Wildman–Crippen LogP) is 8.10. The molecule has 0 aromatic carbocycles. The molecule has 0 rings (SSSR count). The summed E-state index contributed by atoms with van der Waals surface area (Å²) < 4.78 is 12.1. The highest BCUT2D eigenvalue weighted by Crippen LogP contribution is 2.52. The van der Waals surface area contributed by atoms with Gasteiger partial charge in [0.2, 0.25) is 5.34 Å². The van der Waals surface area contributed by atoms with Crippen molar-refractivity contribution in [2.75, 3.05) is 27.7 Å². The van der Waals surface area contributed by atoms with Gasteiger partial charge in [0.15, 0.2) is 0 Å². The van der Waals surface area contributed by atoms with Crippen LogP contribution in [0.2, 0.25) is 0 Å². The number of aliphatic hydroxyl groups is 1. The van der Waals surface area contributed by atoms with Crippen molar-refractivity contribution in [1.82, 2.24) is 0 Å². The number of quaternary nitrogens is 1. The molecule has 0 aliphatic carbocycles. The second kappa shape index (κ2) is 20.6. The third-order valence-electron chi connectivity index (χ3n) is 6.53. The van der Waals surface area contributed by atoms with Gasteiger partial charge in [-0.1, -0.05) is 102 Å². The number of hydrogen-bond donors (Lipinski definition) is 3. The minimum atomic E-state index is -4.55. The first-order valence-electron chi connectivity index (χ1n) is 14.4. The quantitative estimate of drug-likeness (QED) is 0.0524. The van der Waals surface area contributed by atoms with Gasteiger partial charge < -0.3 is 19.4 Å². The van der Waals surface area contributed by atoms with Gasteiger partial charge in [-0.15, -0.1) is 0 Å². The SMILES string of the molecule is CCCCCCCC/C=C\CC/C=C\CCCCCCCCCCC(O)(C[N+](C)(C)C)P(=O)(O)O. The second-order valence-electron chi connectivity index (χ2n) is 11.4. The highest BCUT2D eigenvalue weighted by atomic mass is 31.2. The van der Waals surface area contributed by atoms with E-state index in [1.54, 1.807) is 0 Å². The molecule has 35 heavy (non-hydrogen) atoms. The lowest BCUT2D eigenvalue weighted by Gasteiger charge is -2.35. The van der Waals surface area contributed by atoms with E-state index in [1.165, 1.54) is 77.0 Å². The summed E-state index contributed by atoms with van der Waals surface area (Å²) in [6.45, 7) is 2.32. The van der Waals surface area contributed by atoms with Crippen molar-refractivity contribution in [1.29, 1.82) is 0 Å². The average molecular weight is 517 g/mol. The fourth-order valence-electron chi connectivity index (χ4n) is 4.51. The van der Waals surface area contributed by atoms with Crippen LogP contribution in [0.4, 0.5) is 0 Å². The Labute approximate surface area is 217 Å². The molecular formula is C29H59NO4P+. The number of nitrogens with zero attached hydrogens (tertiary/aromatic N) is 1. The van der Waals surface area contributed by atoms with Crippen molar-refractivity contribution in [3.63, 3.8) is 0 Å². The number of likely N-dealkylation sites (N-methyl/N-ethyl adjacent to an activating group) is 1. The molecule has 208 valence electrons. The fourth-order valence-corrected chi connectivity index (χ4v) is 5.57. The molecule has 0 saturated heterocycles. The molecule has 1 atom stereocenters. The van der Waals surface area contributed by atoms with Gasteiger partial charge in [0.25, 0.3) is 0 Å². The Hall–Kier alpha value is -0.450. The zero-order chi connectivity index (χ0) is 26.5. The van der Waals surface area contributed by atoms with Crippen molar-refractivity contribution in [3.05, 3.63) is 24.3 Å². The lowest BCUT2D eigenvalue weighted by Crippen LogP contribution is -2.49. The Kier molecular flexibility index (Phi) is 20.3. The second-order valence-corrected chi connectivity index (χ2v) is 13.3.